The van der Waals surface area contributed by atoms with Crippen LogP contribution in [0.1, 0.15) is 25.6 Å². The van der Waals surface area contributed by atoms with E-state index in [0.717, 1.165) is 17.1 Å². The smallest absolute Gasteiger partial charge is 0.123 e. The second kappa shape index (κ2) is 6.97. The summed E-state index contributed by atoms with van der Waals surface area (Å²) in [6, 6.07) is 10.7. The molecule has 1 N–H and O–H groups in total. The molecule has 1 aromatic carbocycles. The number of aliphatic hydroxyl groups excluding tert-OH is 1. The van der Waals surface area contributed by atoms with Crippen molar-refractivity contribution in [3.8, 4) is 10.6 Å². The maximum atomic E-state index is 9.58. The molecule has 108 valence electrons. The Morgan fingerprint density at radius 3 is 2.50 bits per heavy atom. The lowest BCUT2D eigenvalue weighted by Gasteiger charge is -2.26. The number of aliphatic hydroxyl groups is 1. The average Bonchev–Trinajstić information content (AvgIpc) is 2.87. The van der Waals surface area contributed by atoms with E-state index in [9.17, 15) is 5.11 Å². The Morgan fingerprint density at radius 2 is 1.90 bits per heavy atom. The summed E-state index contributed by atoms with van der Waals surface area (Å²) in [6.45, 7) is 7.67. The van der Waals surface area contributed by atoms with Crippen molar-refractivity contribution < 1.29 is 5.11 Å². The lowest BCUT2D eigenvalue weighted by atomic mass is 10.2. The van der Waals surface area contributed by atoms with Crippen LogP contribution in [-0.2, 0) is 6.54 Å². The predicted octanol–water partition coefficient (Wildman–Crippen LogP) is 3.40. The van der Waals surface area contributed by atoms with Crippen LogP contribution in [-0.4, -0.2) is 33.7 Å². The highest BCUT2D eigenvalue weighted by atomic mass is 32.1. The van der Waals surface area contributed by atoms with Crippen molar-refractivity contribution in [3.05, 3.63) is 41.4 Å². The predicted molar refractivity (Wildman–Crippen MR) is 84.8 cm³/mol. The first-order chi connectivity index (χ1) is 9.56. The molecule has 20 heavy (non-hydrogen) atoms. The van der Waals surface area contributed by atoms with E-state index >= 15 is 0 Å². The van der Waals surface area contributed by atoms with Crippen LogP contribution >= 0.6 is 11.3 Å². The van der Waals surface area contributed by atoms with E-state index in [1.165, 1.54) is 4.88 Å². The van der Waals surface area contributed by atoms with E-state index in [-0.39, 0.29) is 6.10 Å². The van der Waals surface area contributed by atoms with E-state index in [1.54, 1.807) is 11.3 Å². The molecule has 0 aliphatic heterocycles. The van der Waals surface area contributed by atoms with Crippen molar-refractivity contribution in [2.45, 2.75) is 39.5 Å². The highest BCUT2D eigenvalue weighted by Crippen LogP contribution is 2.26. The third-order valence-corrected chi connectivity index (χ3v) is 4.19. The molecule has 1 heterocycles. The highest BCUT2D eigenvalue weighted by Gasteiger charge is 2.14. The minimum absolute atomic E-state index is 0.307. The van der Waals surface area contributed by atoms with Crippen LogP contribution in [0.2, 0.25) is 0 Å². The van der Waals surface area contributed by atoms with Crippen molar-refractivity contribution in [2.24, 2.45) is 0 Å². The maximum absolute atomic E-state index is 9.58. The Labute approximate surface area is 124 Å². The van der Waals surface area contributed by atoms with Gasteiger partial charge in [0.2, 0.25) is 0 Å². The van der Waals surface area contributed by atoms with Gasteiger partial charge in [-0.05, 0) is 20.8 Å². The second-order valence-electron chi connectivity index (χ2n) is 5.37. The lowest BCUT2D eigenvalue weighted by molar-refractivity contribution is 0.103. The van der Waals surface area contributed by atoms with Crippen molar-refractivity contribution >= 4 is 11.3 Å². The van der Waals surface area contributed by atoms with Gasteiger partial charge in [-0.1, -0.05) is 30.3 Å². The maximum Gasteiger partial charge on any atom is 0.123 e. The number of rotatable bonds is 6. The molecule has 0 saturated heterocycles. The van der Waals surface area contributed by atoms with Gasteiger partial charge in [0, 0.05) is 35.8 Å². The normalized spacial score (nSPS) is 13.1. The minimum Gasteiger partial charge on any atom is -0.392 e. The molecule has 2 rings (SSSR count). The molecule has 1 atom stereocenters. The molecule has 1 aromatic heterocycles. The first-order valence-electron chi connectivity index (χ1n) is 6.98. The number of hydrogen-bond donors (Lipinski definition) is 1. The Morgan fingerprint density at radius 1 is 1.20 bits per heavy atom. The van der Waals surface area contributed by atoms with E-state index in [0.29, 0.717) is 12.6 Å². The number of hydrogen-bond acceptors (Lipinski definition) is 4. The summed E-state index contributed by atoms with van der Waals surface area (Å²) >= 11 is 1.72. The summed E-state index contributed by atoms with van der Waals surface area (Å²) in [6.07, 6.45) is 1.64. The molecule has 0 saturated carbocycles. The molecule has 2 aromatic rings. The Kier molecular flexibility index (Phi) is 5.29. The monoisotopic (exact) mass is 290 g/mol. The summed E-state index contributed by atoms with van der Waals surface area (Å²) in [7, 11) is 0. The zero-order valence-corrected chi connectivity index (χ0v) is 13.1. The standard InChI is InChI=1S/C16H22N2OS/c1-12(2)18(10-13(3)19)11-15-9-17-16(20-15)14-7-5-4-6-8-14/h4-9,12-13,19H,10-11H2,1-3H3. The fraction of sp³-hybridized carbons (Fsp3) is 0.438. The van der Waals surface area contributed by atoms with E-state index in [2.05, 4.69) is 35.9 Å². The second-order valence-corrected chi connectivity index (χ2v) is 6.49. The molecule has 0 amide bonds. The number of benzene rings is 1. The van der Waals surface area contributed by atoms with Gasteiger partial charge >= 0.3 is 0 Å². The molecule has 0 radical (unpaired) electrons. The van der Waals surface area contributed by atoms with Crippen molar-refractivity contribution in [1.82, 2.24) is 9.88 Å². The van der Waals surface area contributed by atoms with Crippen LogP contribution in [0.25, 0.3) is 10.6 Å². The van der Waals surface area contributed by atoms with Gasteiger partial charge in [0.15, 0.2) is 0 Å². The molecular weight excluding hydrogens is 268 g/mol. The topological polar surface area (TPSA) is 36.4 Å². The van der Waals surface area contributed by atoms with Gasteiger partial charge in [0.05, 0.1) is 6.10 Å². The summed E-state index contributed by atoms with van der Waals surface area (Å²) in [5.41, 5.74) is 1.16. The average molecular weight is 290 g/mol. The fourth-order valence-electron chi connectivity index (χ4n) is 2.09. The molecule has 0 aliphatic rings. The van der Waals surface area contributed by atoms with Crippen molar-refractivity contribution in [3.63, 3.8) is 0 Å². The van der Waals surface area contributed by atoms with Gasteiger partial charge in [-0.3, -0.25) is 4.90 Å². The van der Waals surface area contributed by atoms with Crippen molar-refractivity contribution in [2.75, 3.05) is 6.54 Å². The van der Waals surface area contributed by atoms with Gasteiger partial charge < -0.3 is 5.11 Å². The van der Waals surface area contributed by atoms with Gasteiger partial charge in [-0.2, -0.15) is 0 Å². The van der Waals surface area contributed by atoms with Gasteiger partial charge in [-0.15, -0.1) is 11.3 Å². The Bertz CT molecular complexity index is 522. The first-order valence-corrected chi connectivity index (χ1v) is 7.80. The Hall–Kier alpha value is -1.23. The largest absolute Gasteiger partial charge is 0.392 e. The zero-order valence-electron chi connectivity index (χ0n) is 12.3. The molecule has 1 unspecified atom stereocenters. The lowest BCUT2D eigenvalue weighted by Crippen LogP contribution is -2.35. The third kappa shape index (κ3) is 4.13. The van der Waals surface area contributed by atoms with Crippen LogP contribution in [0.5, 0.6) is 0 Å². The van der Waals surface area contributed by atoms with E-state index in [1.807, 2.05) is 31.3 Å². The number of aromatic nitrogens is 1. The first kappa shape index (κ1) is 15.2. The summed E-state index contributed by atoms with van der Waals surface area (Å²) in [4.78, 5) is 8.01. The van der Waals surface area contributed by atoms with Crippen LogP contribution in [0, 0.1) is 0 Å². The SMILES string of the molecule is CC(O)CN(Cc1cnc(-c2ccccc2)s1)C(C)C. The molecule has 0 spiro atoms. The quantitative estimate of drug-likeness (QED) is 0.886. The molecule has 3 nitrogen and oxygen atoms in total. The molecule has 0 fully saturated rings. The number of nitrogens with zero attached hydrogens (tertiary/aromatic N) is 2. The van der Waals surface area contributed by atoms with Gasteiger partial charge in [0.25, 0.3) is 0 Å². The molecule has 0 bridgehead atoms. The zero-order chi connectivity index (χ0) is 14.5. The minimum atomic E-state index is -0.307. The van der Waals surface area contributed by atoms with Crippen LogP contribution < -0.4 is 0 Å². The van der Waals surface area contributed by atoms with E-state index in [4.69, 9.17) is 0 Å². The highest BCUT2D eigenvalue weighted by molar-refractivity contribution is 7.15. The summed E-state index contributed by atoms with van der Waals surface area (Å²) < 4.78 is 0. The third-order valence-electron chi connectivity index (χ3n) is 3.16. The van der Waals surface area contributed by atoms with E-state index < -0.39 is 0 Å². The van der Waals surface area contributed by atoms with Crippen LogP contribution in [0.15, 0.2) is 36.5 Å². The Balaban J connectivity index is 2.08. The van der Waals surface area contributed by atoms with Crippen molar-refractivity contribution in [1.29, 1.82) is 0 Å². The summed E-state index contributed by atoms with van der Waals surface area (Å²) in [5.74, 6) is 0. The van der Waals surface area contributed by atoms with Gasteiger partial charge in [-0.25, -0.2) is 4.98 Å². The van der Waals surface area contributed by atoms with Crippen LogP contribution in [0.4, 0.5) is 0 Å². The molecule has 4 heteroatoms. The molecule has 0 aliphatic carbocycles. The van der Waals surface area contributed by atoms with Gasteiger partial charge in [0.1, 0.15) is 5.01 Å². The number of thiazole rings is 1. The van der Waals surface area contributed by atoms with Crippen LogP contribution in [0.3, 0.4) is 0 Å². The molecular formula is C16H22N2OS. The summed E-state index contributed by atoms with van der Waals surface area (Å²) in [5, 5.41) is 10.6. The fourth-order valence-corrected chi connectivity index (χ4v) is 3.04.